The lowest BCUT2D eigenvalue weighted by molar-refractivity contribution is -0.146. The SMILES string of the molecule is CN1C(=O)[C@H](NC(=O)OC(C)(C)C)Cc2cccc(c2)OC/C=C\C2C[C@]2(C(=O)O)NC(=O)[C@@H]1CCOc1cc(-c2ccccc2)nc2ccccc12. The zero-order chi connectivity index (χ0) is 37.8. The van der Waals surface area contributed by atoms with E-state index in [0.29, 0.717) is 22.8 Å². The third-order valence-electron chi connectivity index (χ3n) is 9.30. The van der Waals surface area contributed by atoms with Crippen molar-refractivity contribution in [2.75, 3.05) is 20.3 Å². The van der Waals surface area contributed by atoms with E-state index in [1.807, 2.05) is 66.7 Å². The van der Waals surface area contributed by atoms with E-state index >= 15 is 0 Å². The Hall–Kier alpha value is -5.91. The van der Waals surface area contributed by atoms with Crippen LogP contribution in [0.2, 0.25) is 0 Å². The van der Waals surface area contributed by atoms with Gasteiger partial charge in [-0.1, -0.05) is 66.7 Å². The number of nitrogens with zero attached hydrogens (tertiary/aromatic N) is 2. The van der Waals surface area contributed by atoms with Crippen molar-refractivity contribution >= 4 is 34.8 Å². The number of aromatic nitrogens is 1. The van der Waals surface area contributed by atoms with E-state index in [0.717, 1.165) is 16.5 Å². The van der Waals surface area contributed by atoms with Crippen LogP contribution in [0.25, 0.3) is 22.2 Å². The molecule has 12 nitrogen and oxygen atoms in total. The molecule has 6 rings (SSSR count). The summed E-state index contributed by atoms with van der Waals surface area (Å²) < 4.78 is 17.7. The van der Waals surface area contributed by atoms with Gasteiger partial charge in [-0.15, -0.1) is 0 Å². The van der Waals surface area contributed by atoms with E-state index in [1.54, 1.807) is 51.1 Å². The molecular weight excluding hydrogens is 676 g/mol. The van der Waals surface area contributed by atoms with E-state index in [4.69, 9.17) is 19.2 Å². The zero-order valence-electron chi connectivity index (χ0n) is 30.2. The number of amides is 3. The second-order valence-electron chi connectivity index (χ2n) is 14.4. The molecule has 0 radical (unpaired) electrons. The number of hydrogen-bond acceptors (Lipinski definition) is 8. The highest BCUT2D eigenvalue weighted by molar-refractivity contribution is 5.96. The number of rotatable bonds is 7. The summed E-state index contributed by atoms with van der Waals surface area (Å²) in [5.41, 5.74) is 0.654. The summed E-state index contributed by atoms with van der Waals surface area (Å²) >= 11 is 0. The van der Waals surface area contributed by atoms with Gasteiger partial charge in [-0.3, -0.25) is 9.59 Å². The number of pyridine rings is 1. The van der Waals surface area contributed by atoms with E-state index in [9.17, 15) is 24.3 Å². The molecule has 276 valence electrons. The minimum atomic E-state index is -1.55. The van der Waals surface area contributed by atoms with E-state index < -0.39 is 53.0 Å². The number of para-hydroxylation sites is 1. The predicted molar refractivity (Wildman–Crippen MR) is 198 cm³/mol. The molecule has 3 amide bonds. The molecule has 2 aliphatic rings. The number of nitrogens with one attached hydrogen (secondary N) is 2. The van der Waals surface area contributed by atoms with E-state index in [1.165, 1.54) is 11.9 Å². The van der Waals surface area contributed by atoms with Crippen LogP contribution in [0.5, 0.6) is 11.5 Å². The Morgan fingerprint density at radius 3 is 2.55 bits per heavy atom. The number of hydrogen-bond donors (Lipinski definition) is 3. The van der Waals surface area contributed by atoms with Gasteiger partial charge in [0.25, 0.3) is 0 Å². The number of carbonyl (C=O) groups excluding carboxylic acids is 3. The average molecular weight is 721 g/mol. The van der Waals surface area contributed by atoms with Crippen LogP contribution < -0.4 is 20.1 Å². The highest BCUT2D eigenvalue weighted by atomic mass is 16.6. The Bertz CT molecular complexity index is 2030. The van der Waals surface area contributed by atoms with Crippen molar-refractivity contribution in [3.63, 3.8) is 0 Å². The molecule has 1 unspecified atom stereocenters. The van der Waals surface area contributed by atoms with Crippen LogP contribution >= 0.6 is 0 Å². The fourth-order valence-electron chi connectivity index (χ4n) is 6.48. The Labute approximate surface area is 308 Å². The molecule has 12 heteroatoms. The quantitative estimate of drug-likeness (QED) is 0.209. The summed E-state index contributed by atoms with van der Waals surface area (Å²) in [5, 5.41) is 16.5. The number of fused-ring (bicyclic) bond motifs is 4. The number of alkyl carbamates (subject to hydrolysis) is 1. The Balaban J connectivity index is 1.32. The molecule has 0 saturated heterocycles. The molecule has 53 heavy (non-hydrogen) atoms. The van der Waals surface area contributed by atoms with Crippen molar-refractivity contribution in [3.8, 4) is 22.8 Å². The van der Waals surface area contributed by atoms with Crippen LogP contribution in [0, 0.1) is 5.92 Å². The number of ether oxygens (including phenoxy) is 3. The molecule has 1 aromatic heterocycles. The molecule has 2 bridgehead atoms. The second kappa shape index (κ2) is 15.4. The number of carbonyl (C=O) groups is 4. The van der Waals surface area contributed by atoms with Crippen molar-refractivity contribution in [1.82, 2.24) is 20.5 Å². The first-order valence-corrected chi connectivity index (χ1v) is 17.6. The summed E-state index contributed by atoms with van der Waals surface area (Å²) in [4.78, 5) is 60.2. The van der Waals surface area contributed by atoms with Gasteiger partial charge in [0.15, 0.2) is 0 Å². The molecule has 2 heterocycles. The van der Waals surface area contributed by atoms with Gasteiger partial charge < -0.3 is 34.9 Å². The number of likely N-dealkylation sites (N-methyl/N-ethyl adjacent to an activating group) is 1. The summed E-state index contributed by atoms with van der Waals surface area (Å²) in [5.74, 6) is -1.82. The van der Waals surface area contributed by atoms with Crippen LogP contribution in [0.4, 0.5) is 4.79 Å². The van der Waals surface area contributed by atoms with Crippen molar-refractivity contribution < 1.29 is 38.5 Å². The van der Waals surface area contributed by atoms with Crippen LogP contribution in [0.1, 0.15) is 39.2 Å². The molecule has 0 spiro atoms. The van der Waals surface area contributed by atoms with E-state index in [-0.39, 0.29) is 32.5 Å². The van der Waals surface area contributed by atoms with Gasteiger partial charge in [0.05, 0.1) is 17.8 Å². The van der Waals surface area contributed by atoms with Gasteiger partial charge in [-0.25, -0.2) is 14.6 Å². The lowest BCUT2D eigenvalue weighted by atomic mass is 10.0. The highest BCUT2D eigenvalue weighted by Crippen LogP contribution is 2.45. The van der Waals surface area contributed by atoms with Crippen LogP contribution in [-0.2, 0) is 25.5 Å². The molecule has 1 aliphatic carbocycles. The van der Waals surface area contributed by atoms with Crippen molar-refractivity contribution in [2.24, 2.45) is 5.92 Å². The minimum Gasteiger partial charge on any atom is -0.493 e. The summed E-state index contributed by atoms with van der Waals surface area (Å²) in [7, 11) is 1.46. The highest BCUT2D eigenvalue weighted by Gasteiger charge is 2.61. The normalized spacial score (nSPS) is 22.5. The topological polar surface area (TPSA) is 156 Å². The Morgan fingerprint density at radius 1 is 1.04 bits per heavy atom. The first-order valence-electron chi connectivity index (χ1n) is 17.6. The first-order chi connectivity index (χ1) is 25.3. The fraction of sp³-hybridized carbons (Fsp3) is 0.341. The van der Waals surface area contributed by atoms with Gasteiger partial charge in [-0.2, -0.15) is 0 Å². The van der Waals surface area contributed by atoms with Gasteiger partial charge in [-0.05, 0) is 57.0 Å². The standard InChI is InChI=1S/C41H44N4O8/c1-40(2,3)53-39(50)43-33-23-26-12-10-16-29(22-26)51-20-11-15-28-25-41(28,38(48)49)44-36(46)34(45(4)37(33)47)19-21-52-35-24-32(27-13-6-5-7-14-27)42-31-18-9-8-17-30(31)35/h5-18,22,24,28,33-34H,19-21,23,25H2,1-4H3,(H,43,50)(H,44,46)(H,48,49)/b15-11-/t28?,33-,34+,41+/m1/s1. The molecule has 3 aromatic carbocycles. The largest absolute Gasteiger partial charge is 0.493 e. The molecule has 1 saturated carbocycles. The monoisotopic (exact) mass is 720 g/mol. The maximum atomic E-state index is 14.4. The van der Waals surface area contributed by atoms with Gasteiger partial charge in [0.1, 0.15) is 41.3 Å². The second-order valence-corrected chi connectivity index (χ2v) is 14.4. The Kier molecular flexibility index (Phi) is 10.7. The molecule has 4 aromatic rings. The average Bonchev–Trinajstić information content (AvgIpc) is 3.83. The third-order valence-corrected chi connectivity index (χ3v) is 9.30. The smallest absolute Gasteiger partial charge is 0.408 e. The number of benzene rings is 3. The summed E-state index contributed by atoms with van der Waals surface area (Å²) in [6.07, 6.45) is 2.91. The summed E-state index contributed by atoms with van der Waals surface area (Å²) in [6.45, 7) is 5.31. The number of carboxylic acids is 1. The van der Waals surface area contributed by atoms with Gasteiger partial charge >= 0.3 is 12.1 Å². The van der Waals surface area contributed by atoms with Crippen LogP contribution in [0.3, 0.4) is 0 Å². The fourth-order valence-corrected chi connectivity index (χ4v) is 6.48. The van der Waals surface area contributed by atoms with Crippen molar-refractivity contribution in [1.29, 1.82) is 0 Å². The lowest BCUT2D eigenvalue weighted by Crippen LogP contribution is -2.58. The van der Waals surface area contributed by atoms with Gasteiger partial charge in [0, 0.05) is 42.8 Å². The first kappa shape index (κ1) is 36.9. The predicted octanol–water partition coefficient (Wildman–Crippen LogP) is 5.54. The Morgan fingerprint density at radius 2 is 1.79 bits per heavy atom. The maximum Gasteiger partial charge on any atom is 0.408 e. The van der Waals surface area contributed by atoms with Crippen molar-refractivity contribution in [2.45, 2.75) is 63.3 Å². The van der Waals surface area contributed by atoms with Crippen LogP contribution in [-0.4, -0.2) is 82.4 Å². The zero-order valence-corrected chi connectivity index (χ0v) is 30.2. The maximum absolute atomic E-state index is 14.4. The lowest BCUT2D eigenvalue weighted by Gasteiger charge is -2.32. The molecule has 3 N–H and O–H groups in total. The number of aliphatic carboxylic acids is 1. The molecule has 4 atom stereocenters. The van der Waals surface area contributed by atoms with Gasteiger partial charge in [0.2, 0.25) is 11.8 Å². The molecule has 1 aliphatic heterocycles. The third kappa shape index (κ3) is 8.77. The van der Waals surface area contributed by atoms with Crippen molar-refractivity contribution in [3.05, 3.63) is 103 Å². The van der Waals surface area contributed by atoms with Crippen LogP contribution in [0.15, 0.2) is 97.1 Å². The summed E-state index contributed by atoms with van der Waals surface area (Å²) in [6, 6.07) is 23.9. The van der Waals surface area contributed by atoms with E-state index in [2.05, 4.69) is 10.6 Å². The molecular formula is C41H44N4O8. The molecule has 1 fully saturated rings. The minimum absolute atomic E-state index is 0.00405. The number of carboxylic acid groups (broad SMARTS) is 1.